The van der Waals surface area contributed by atoms with Crippen molar-refractivity contribution in [1.29, 1.82) is 0 Å². The molecule has 0 aliphatic carbocycles. The minimum Gasteiger partial charge on any atom is -0.390 e. The Morgan fingerprint density at radius 2 is 0.918 bits per heavy atom. The van der Waals surface area contributed by atoms with Gasteiger partial charge in [-0.2, -0.15) is 0 Å². The number of aliphatic hydroxyl groups excluding tert-OH is 1. The van der Waals surface area contributed by atoms with Gasteiger partial charge in [-0.25, -0.2) is 0 Å². The molecule has 4 heteroatoms. The smallest absolute Gasteiger partial charge is 0.0877 e. The van der Waals surface area contributed by atoms with Crippen molar-refractivity contribution in [2.24, 2.45) is 0 Å². The summed E-state index contributed by atoms with van der Waals surface area (Å²) >= 11 is 0. The van der Waals surface area contributed by atoms with Crippen LogP contribution in [0.4, 0.5) is 0 Å². The van der Waals surface area contributed by atoms with Gasteiger partial charge >= 0.3 is 0 Å². The molecule has 0 aromatic heterocycles. The Labute approximate surface area is 303 Å². The van der Waals surface area contributed by atoms with E-state index in [0.717, 1.165) is 70.6 Å². The van der Waals surface area contributed by atoms with Gasteiger partial charge in [0.2, 0.25) is 0 Å². The summed E-state index contributed by atoms with van der Waals surface area (Å²) in [5.74, 6) is 0. The Balaban J connectivity index is 4.36. The molecule has 282 valence electrons. The van der Waals surface area contributed by atoms with Crippen LogP contribution in [0.3, 0.4) is 0 Å². The maximum Gasteiger partial charge on any atom is 0.0877 e. The third-order valence-electron chi connectivity index (χ3n) is 9.87. The zero-order valence-corrected chi connectivity index (χ0v) is 33.6. The molecule has 0 radical (unpaired) electrons. The largest absolute Gasteiger partial charge is 0.390 e. The molecule has 0 aliphatic heterocycles. The van der Waals surface area contributed by atoms with Crippen molar-refractivity contribution in [2.45, 2.75) is 201 Å². The van der Waals surface area contributed by atoms with Gasteiger partial charge in [0.05, 0.1) is 22.9 Å². The maximum atomic E-state index is 10.9. The molecule has 0 spiro atoms. The molecule has 0 heterocycles. The van der Waals surface area contributed by atoms with Crippen LogP contribution in [0.1, 0.15) is 178 Å². The van der Waals surface area contributed by atoms with Crippen molar-refractivity contribution in [3.05, 3.63) is 82.5 Å². The number of hydrogen-bond donors (Lipinski definition) is 4. The van der Waals surface area contributed by atoms with E-state index in [2.05, 4.69) is 91.5 Å². The van der Waals surface area contributed by atoms with Crippen LogP contribution in [0.15, 0.2) is 82.5 Å². The molecule has 4 nitrogen and oxygen atoms in total. The van der Waals surface area contributed by atoms with Crippen LogP contribution in [0.2, 0.25) is 0 Å². The normalized spacial score (nSPS) is 18.0. The number of rotatable bonds is 27. The molecule has 49 heavy (non-hydrogen) atoms. The molecule has 0 saturated heterocycles. The molecule has 0 bridgehead atoms. The Kier molecular flexibility index (Phi) is 24.0. The molecule has 0 aromatic carbocycles. The van der Waals surface area contributed by atoms with Gasteiger partial charge in [0.25, 0.3) is 0 Å². The van der Waals surface area contributed by atoms with E-state index in [9.17, 15) is 20.4 Å². The zero-order valence-electron chi connectivity index (χ0n) is 33.6. The lowest BCUT2D eigenvalue weighted by Crippen LogP contribution is -2.39. The molecule has 0 rings (SSSR count). The first-order valence-electron chi connectivity index (χ1n) is 19.2. The average Bonchev–Trinajstić information content (AvgIpc) is 2.99. The predicted molar refractivity (Wildman–Crippen MR) is 215 cm³/mol. The first-order chi connectivity index (χ1) is 22.8. The Hall–Kier alpha value is -1.98. The van der Waals surface area contributed by atoms with Crippen LogP contribution in [0, 0.1) is 0 Å². The number of allylic oxidation sites excluding steroid dienone is 12. The monoisotopic (exact) mass is 683 g/mol. The number of aliphatic hydroxyl groups is 4. The van der Waals surface area contributed by atoms with E-state index in [1.54, 1.807) is 13.0 Å². The minimum absolute atomic E-state index is 0.480. The predicted octanol–water partition coefficient (Wildman–Crippen LogP) is 12.1. The Bertz CT molecular complexity index is 1120. The van der Waals surface area contributed by atoms with Gasteiger partial charge in [-0.15, -0.1) is 6.58 Å². The van der Waals surface area contributed by atoms with E-state index in [4.69, 9.17) is 0 Å². The molecule has 0 aliphatic rings. The van der Waals surface area contributed by atoms with Crippen LogP contribution in [-0.4, -0.2) is 43.3 Å². The van der Waals surface area contributed by atoms with Gasteiger partial charge in [-0.05, 0) is 178 Å². The van der Waals surface area contributed by atoms with Crippen LogP contribution >= 0.6 is 0 Å². The van der Waals surface area contributed by atoms with Crippen molar-refractivity contribution < 1.29 is 20.4 Å². The minimum atomic E-state index is -1.15. The first kappa shape index (κ1) is 47.0. The van der Waals surface area contributed by atoms with E-state index >= 15 is 0 Å². The molecule has 0 fully saturated rings. The second kappa shape index (κ2) is 25.1. The fraction of sp³-hybridized carbons (Fsp3) is 0.689. The summed E-state index contributed by atoms with van der Waals surface area (Å²) in [6.45, 7) is 24.2. The average molecular weight is 683 g/mol. The lowest BCUT2D eigenvalue weighted by atomic mass is 9.85. The lowest BCUT2D eigenvalue weighted by Gasteiger charge is -2.31. The second-order valence-corrected chi connectivity index (χ2v) is 16.1. The van der Waals surface area contributed by atoms with Gasteiger partial charge < -0.3 is 20.4 Å². The quantitative estimate of drug-likeness (QED) is 0.0650. The fourth-order valence-electron chi connectivity index (χ4n) is 5.87. The third-order valence-corrected chi connectivity index (χ3v) is 9.87. The van der Waals surface area contributed by atoms with E-state index in [1.807, 2.05) is 13.8 Å². The highest BCUT2D eigenvalue weighted by atomic mass is 16.3. The molecule has 4 unspecified atom stereocenters. The van der Waals surface area contributed by atoms with Gasteiger partial charge in [-0.3, -0.25) is 0 Å². The molecule has 0 amide bonds. The summed E-state index contributed by atoms with van der Waals surface area (Å²) < 4.78 is 0. The van der Waals surface area contributed by atoms with Crippen molar-refractivity contribution in [2.75, 3.05) is 0 Å². The van der Waals surface area contributed by atoms with Crippen LogP contribution in [0.5, 0.6) is 0 Å². The van der Waals surface area contributed by atoms with Crippen LogP contribution < -0.4 is 0 Å². The van der Waals surface area contributed by atoms with E-state index in [0.29, 0.717) is 38.5 Å². The molecule has 4 atom stereocenters. The summed E-state index contributed by atoms with van der Waals surface area (Å²) in [5, 5.41) is 42.3. The third kappa shape index (κ3) is 26.5. The van der Waals surface area contributed by atoms with Crippen LogP contribution in [0.25, 0.3) is 0 Å². The molecule has 0 saturated carbocycles. The zero-order chi connectivity index (χ0) is 37.5. The summed E-state index contributed by atoms with van der Waals surface area (Å²) in [4.78, 5) is 0. The first-order valence-corrected chi connectivity index (χ1v) is 19.2. The highest BCUT2D eigenvalue weighted by molar-refractivity contribution is 5.09. The molecular formula is C45H78O4. The van der Waals surface area contributed by atoms with Crippen molar-refractivity contribution in [3.8, 4) is 0 Å². The summed E-state index contributed by atoms with van der Waals surface area (Å²) in [6, 6.07) is 0. The maximum absolute atomic E-state index is 10.9. The van der Waals surface area contributed by atoms with Crippen LogP contribution in [-0.2, 0) is 0 Å². The van der Waals surface area contributed by atoms with E-state index in [1.165, 1.54) is 33.4 Å². The highest BCUT2D eigenvalue weighted by Crippen LogP contribution is 2.27. The number of hydrogen-bond acceptors (Lipinski definition) is 4. The molecular weight excluding hydrogens is 604 g/mol. The van der Waals surface area contributed by atoms with Crippen molar-refractivity contribution >= 4 is 0 Å². The topological polar surface area (TPSA) is 80.9 Å². The Morgan fingerprint density at radius 3 is 1.33 bits per heavy atom. The SMILES string of the molecule is C=CC(C)(O)CC/C=C(\C)CC/C=C(\C)CC/C=C(\C)CC/C=C(\C)CC/C=C(\C)CCC(O)C(C)(O)CCCC(C)(O)CCC=C(C)C. The van der Waals surface area contributed by atoms with E-state index < -0.39 is 22.9 Å². The van der Waals surface area contributed by atoms with E-state index in [-0.39, 0.29) is 0 Å². The molecule has 0 aromatic rings. The second-order valence-electron chi connectivity index (χ2n) is 16.1. The lowest BCUT2D eigenvalue weighted by molar-refractivity contribution is -0.0743. The summed E-state index contributed by atoms with van der Waals surface area (Å²) in [7, 11) is 0. The van der Waals surface area contributed by atoms with Gasteiger partial charge in [0.1, 0.15) is 0 Å². The summed E-state index contributed by atoms with van der Waals surface area (Å²) in [6.07, 6.45) is 29.5. The summed E-state index contributed by atoms with van der Waals surface area (Å²) in [5.41, 5.74) is 5.57. The van der Waals surface area contributed by atoms with Gasteiger partial charge in [-0.1, -0.05) is 76.0 Å². The standard InChI is InChI=1S/C45H78O4/c1-12-43(9,47)32-18-29-40(7)27-15-25-38(5)23-13-21-37(4)22-14-24-39(6)26-16-28-41(8)30-31-42(46)45(11,49)35-19-34-44(10,48)33-17-20-36(2)3/h12,20-21,24-25,28-29,42,46-49H,1,13-19,22-23,26-27,30-35H2,2-11H3/b37-21+,38-25+,39-24+,40-29+,41-28+. The van der Waals surface area contributed by atoms with Crippen molar-refractivity contribution in [3.63, 3.8) is 0 Å². The van der Waals surface area contributed by atoms with Gasteiger partial charge in [0.15, 0.2) is 0 Å². The fourth-order valence-corrected chi connectivity index (χ4v) is 5.87. The molecule has 4 N–H and O–H groups in total. The van der Waals surface area contributed by atoms with Crippen molar-refractivity contribution in [1.82, 2.24) is 0 Å². The van der Waals surface area contributed by atoms with Gasteiger partial charge in [0, 0.05) is 0 Å². The Morgan fingerprint density at radius 1 is 0.531 bits per heavy atom. The highest BCUT2D eigenvalue weighted by Gasteiger charge is 2.30.